The number of hydrogen-bond donors (Lipinski definition) is 2. The van der Waals surface area contributed by atoms with Crippen LogP contribution >= 0.6 is 0 Å². The smallest absolute Gasteiger partial charge is 0.358 e. The van der Waals surface area contributed by atoms with Crippen LogP contribution in [0, 0.1) is 20.3 Å². The average Bonchev–Trinajstić information content (AvgIpc) is 2.26. The van der Waals surface area contributed by atoms with Crippen molar-refractivity contribution in [1.82, 2.24) is 10.6 Å². The van der Waals surface area contributed by atoms with Gasteiger partial charge < -0.3 is 25.5 Å². The van der Waals surface area contributed by atoms with E-state index >= 15 is 0 Å². The number of carbonyl (C=O) groups is 2. The predicted molar refractivity (Wildman–Crippen MR) is 84.9 cm³/mol. The maximum atomic E-state index is 11.5. The second-order valence-corrected chi connectivity index (χ2v) is 6.04. The normalized spacial score (nSPS) is 22.7. The molecule has 2 amide bonds. The standard InChI is InChI=1S/C14H26N2O2.2CH3.Ti/c1-5-12(17)15-10-7-11(16-13(18)6-2)9-14(3,4)8-10;;;/h10-11H,5-9H2,1-4H3,(H,15,17)(H,16,18);2*1H3;/q;2*-1;+2. The zero-order chi connectivity index (χ0) is 13.8. The van der Waals surface area contributed by atoms with Crippen LogP contribution in [-0.4, -0.2) is 23.9 Å². The Morgan fingerprint density at radius 2 is 1.29 bits per heavy atom. The molecule has 0 aliphatic heterocycles. The SMILES string of the molecule is CCC(=O)NC1CC(NC(=O)CC)CC(C)(C)C1.[CH3-].[CH3-].[Ti+2]. The summed E-state index contributed by atoms with van der Waals surface area (Å²) >= 11 is 0. The Bertz CT molecular complexity index is 291. The van der Waals surface area contributed by atoms with Gasteiger partial charge in [-0.25, -0.2) is 0 Å². The molecule has 0 spiro atoms. The van der Waals surface area contributed by atoms with Crippen LogP contribution in [-0.2, 0) is 31.3 Å². The fourth-order valence-corrected chi connectivity index (χ4v) is 2.81. The molecule has 0 radical (unpaired) electrons. The van der Waals surface area contributed by atoms with E-state index in [4.69, 9.17) is 0 Å². The van der Waals surface area contributed by atoms with Crippen molar-refractivity contribution in [3.05, 3.63) is 14.9 Å². The van der Waals surface area contributed by atoms with Crippen LogP contribution in [0.3, 0.4) is 0 Å². The first-order chi connectivity index (χ1) is 8.36. The molecular formula is C16H32N2O2Ti. The van der Waals surface area contributed by atoms with E-state index in [1.54, 1.807) is 0 Å². The third kappa shape index (κ3) is 9.31. The van der Waals surface area contributed by atoms with Crippen molar-refractivity contribution in [3.8, 4) is 0 Å². The van der Waals surface area contributed by atoms with Gasteiger partial charge in [-0.15, -0.1) is 0 Å². The molecule has 21 heavy (non-hydrogen) atoms. The summed E-state index contributed by atoms with van der Waals surface area (Å²) in [6, 6.07) is 0.367. The summed E-state index contributed by atoms with van der Waals surface area (Å²) in [5, 5.41) is 6.11. The fraction of sp³-hybridized carbons (Fsp3) is 0.750. The molecule has 122 valence electrons. The number of hydrogen-bond acceptors (Lipinski definition) is 2. The van der Waals surface area contributed by atoms with Crippen molar-refractivity contribution in [2.24, 2.45) is 5.41 Å². The Morgan fingerprint density at radius 3 is 1.57 bits per heavy atom. The third-order valence-electron chi connectivity index (χ3n) is 3.54. The van der Waals surface area contributed by atoms with Crippen molar-refractivity contribution < 1.29 is 31.3 Å². The van der Waals surface area contributed by atoms with Gasteiger partial charge in [-0.2, -0.15) is 0 Å². The van der Waals surface area contributed by atoms with Crippen molar-refractivity contribution in [2.75, 3.05) is 0 Å². The first-order valence-corrected chi connectivity index (χ1v) is 6.95. The van der Waals surface area contributed by atoms with Gasteiger partial charge in [0.05, 0.1) is 0 Å². The molecule has 1 saturated carbocycles. The summed E-state index contributed by atoms with van der Waals surface area (Å²) < 4.78 is 0. The van der Waals surface area contributed by atoms with Crippen LogP contribution in [0.25, 0.3) is 0 Å². The average molecular weight is 332 g/mol. The summed E-state index contributed by atoms with van der Waals surface area (Å²) in [5.74, 6) is 0.191. The van der Waals surface area contributed by atoms with Crippen LogP contribution in [0.4, 0.5) is 0 Å². The molecule has 1 aliphatic rings. The van der Waals surface area contributed by atoms with Crippen LogP contribution in [0.1, 0.15) is 59.8 Å². The van der Waals surface area contributed by atoms with Gasteiger partial charge in [0.15, 0.2) is 0 Å². The molecule has 0 aromatic carbocycles. The summed E-state index contributed by atoms with van der Waals surface area (Å²) in [5.41, 5.74) is 0.162. The number of rotatable bonds is 4. The second kappa shape index (κ2) is 11.3. The van der Waals surface area contributed by atoms with E-state index in [9.17, 15) is 9.59 Å². The largest absolute Gasteiger partial charge is 2.00 e. The summed E-state index contributed by atoms with van der Waals surface area (Å²) in [6.45, 7) is 8.12. The van der Waals surface area contributed by atoms with Crippen LogP contribution < -0.4 is 10.6 Å². The predicted octanol–water partition coefficient (Wildman–Crippen LogP) is 2.88. The first-order valence-electron chi connectivity index (χ1n) is 6.95. The maximum absolute atomic E-state index is 11.5. The zero-order valence-corrected chi connectivity index (χ0v) is 16.1. The van der Waals surface area contributed by atoms with Crippen LogP contribution in [0.15, 0.2) is 0 Å². The Labute approximate surface area is 146 Å². The minimum Gasteiger partial charge on any atom is -0.358 e. The quantitative estimate of drug-likeness (QED) is 0.614. The van der Waals surface area contributed by atoms with E-state index < -0.39 is 0 Å². The van der Waals surface area contributed by atoms with E-state index in [-0.39, 0.29) is 65.9 Å². The van der Waals surface area contributed by atoms with E-state index in [1.165, 1.54) is 0 Å². The molecule has 0 aromatic heterocycles. The van der Waals surface area contributed by atoms with Crippen molar-refractivity contribution in [1.29, 1.82) is 0 Å². The Hall–Kier alpha value is -0.346. The van der Waals surface area contributed by atoms with Gasteiger partial charge in [0.1, 0.15) is 0 Å². The van der Waals surface area contributed by atoms with Crippen molar-refractivity contribution >= 4 is 11.8 Å². The molecule has 2 atom stereocenters. The summed E-state index contributed by atoms with van der Waals surface area (Å²) in [7, 11) is 0. The molecule has 1 fully saturated rings. The van der Waals surface area contributed by atoms with Gasteiger partial charge >= 0.3 is 21.7 Å². The Balaban J connectivity index is -0.00000108. The molecule has 2 unspecified atom stereocenters. The molecule has 0 saturated heterocycles. The molecule has 0 aromatic rings. The topological polar surface area (TPSA) is 58.2 Å². The first kappa shape index (κ1) is 25.6. The summed E-state index contributed by atoms with van der Waals surface area (Å²) in [4.78, 5) is 23.0. The monoisotopic (exact) mass is 332 g/mol. The van der Waals surface area contributed by atoms with Crippen molar-refractivity contribution in [2.45, 2.75) is 71.9 Å². The van der Waals surface area contributed by atoms with E-state index in [0.29, 0.717) is 12.8 Å². The van der Waals surface area contributed by atoms with Crippen LogP contribution in [0.5, 0.6) is 0 Å². The molecule has 2 N–H and O–H groups in total. The van der Waals surface area contributed by atoms with Crippen molar-refractivity contribution in [3.63, 3.8) is 0 Å². The Kier molecular flexibility index (Phi) is 13.7. The second-order valence-electron chi connectivity index (χ2n) is 6.04. The zero-order valence-electron chi connectivity index (χ0n) is 14.5. The van der Waals surface area contributed by atoms with Gasteiger partial charge in [0.25, 0.3) is 0 Å². The third-order valence-corrected chi connectivity index (χ3v) is 3.54. The van der Waals surface area contributed by atoms with Gasteiger partial charge in [-0.3, -0.25) is 9.59 Å². The maximum Gasteiger partial charge on any atom is 2.00 e. The minimum absolute atomic E-state index is 0. The summed E-state index contributed by atoms with van der Waals surface area (Å²) in [6.07, 6.45) is 3.85. The van der Waals surface area contributed by atoms with Gasteiger partial charge in [-0.05, 0) is 24.7 Å². The molecule has 4 nitrogen and oxygen atoms in total. The Morgan fingerprint density at radius 1 is 0.952 bits per heavy atom. The van der Waals surface area contributed by atoms with Gasteiger partial charge in [0.2, 0.25) is 11.8 Å². The fourth-order valence-electron chi connectivity index (χ4n) is 2.81. The number of carbonyl (C=O) groups excluding carboxylic acids is 2. The number of nitrogens with one attached hydrogen (secondary N) is 2. The molecule has 0 heterocycles. The molecule has 5 heteroatoms. The van der Waals surface area contributed by atoms with Gasteiger partial charge in [0, 0.05) is 24.9 Å². The molecule has 1 rings (SSSR count). The van der Waals surface area contributed by atoms with E-state index in [2.05, 4.69) is 24.5 Å². The molecular weight excluding hydrogens is 300 g/mol. The van der Waals surface area contributed by atoms with Crippen LogP contribution in [0.2, 0.25) is 0 Å². The molecule has 1 aliphatic carbocycles. The molecule has 0 bridgehead atoms. The van der Waals surface area contributed by atoms with E-state index in [1.807, 2.05) is 13.8 Å². The minimum atomic E-state index is 0. The number of amides is 2. The van der Waals surface area contributed by atoms with E-state index in [0.717, 1.165) is 19.3 Å². The van der Waals surface area contributed by atoms with Gasteiger partial charge in [-0.1, -0.05) is 27.7 Å².